The standard InChI is InChI=1S/C22H17NO6/c24-15-8-13(9-16(25)10-15)22(28)29-17-5-3-14(4-6-17)23-20(26)18-11-1-2-12(7-11)19(18)21(23)27/h1-6,8-12,24-27H,7H2. The first-order chi connectivity index (χ1) is 13.9. The van der Waals surface area contributed by atoms with Gasteiger partial charge in [-0.05, 0) is 42.8 Å². The fourth-order valence-electron chi connectivity index (χ4n) is 4.23. The highest BCUT2D eigenvalue weighted by Gasteiger charge is 2.41. The molecule has 0 saturated heterocycles. The number of benzene rings is 2. The topological polar surface area (TPSA) is 112 Å². The van der Waals surface area contributed by atoms with Gasteiger partial charge in [-0.2, -0.15) is 0 Å². The Morgan fingerprint density at radius 1 is 0.862 bits per heavy atom. The molecule has 0 spiro atoms. The van der Waals surface area contributed by atoms with Crippen molar-refractivity contribution in [2.45, 2.75) is 18.3 Å². The predicted octanol–water partition coefficient (Wildman–Crippen LogP) is 3.66. The Balaban J connectivity index is 1.41. The average Bonchev–Trinajstić information content (AvgIpc) is 3.36. The van der Waals surface area contributed by atoms with E-state index in [0.29, 0.717) is 5.69 Å². The largest absolute Gasteiger partial charge is 0.508 e. The first-order valence-corrected chi connectivity index (χ1v) is 9.12. The minimum absolute atomic E-state index is 0.00618. The van der Waals surface area contributed by atoms with Crippen molar-refractivity contribution in [2.24, 2.45) is 0 Å². The van der Waals surface area contributed by atoms with Gasteiger partial charge in [-0.15, -0.1) is 0 Å². The number of hydrogen-bond acceptors (Lipinski definition) is 6. The summed E-state index contributed by atoms with van der Waals surface area (Å²) in [6.07, 6.45) is 4.99. The van der Waals surface area contributed by atoms with Crippen molar-refractivity contribution in [1.82, 2.24) is 4.57 Å². The molecular formula is C22H17NO6. The summed E-state index contributed by atoms with van der Waals surface area (Å²) >= 11 is 0. The highest BCUT2D eigenvalue weighted by Crippen LogP contribution is 2.57. The molecule has 0 aliphatic heterocycles. The Bertz CT molecular complexity index is 1120. The number of nitrogens with zero attached hydrogens (tertiary/aromatic N) is 1. The van der Waals surface area contributed by atoms with E-state index in [1.165, 1.54) is 28.8 Å². The first kappa shape index (κ1) is 17.2. The molecule has 146 valence electrons. The van der Waals surface area contributed by atoms with Gasteiger partial charge in [0.1, 0.15) is 17.2 Å². The molecule has 2 bridgehead atoms. The van der Waals surface area contributed by atoms with Gasteiger partial charge in [0, 0.05) is 29.0 Å². The number of carbonyl (C=O) groups excluding carboxylic acids is 1. The van der Waals surface area contributed by atoms with E-state index in [0.717, 1.165) is 23.6 Å². The molecule has 0 saturated carbocycles. The molecule has 2 unspecified atom stereocenters. The summed E-state index contributed by atoms with van der Waals surface area (Å²) in [5.41, 5.74) is 2.08. The fourth-order valence-corrected chi connectivity index (χ4v) is 4.23. The maximum absolute atomic E-state index is 12.2. The number of fused-ring (bicyclic) bond motifs is 5. The molecule has 1 aromatic heterocycles. The molecule has 5 rings (SSSR count). The van der Waals surface area contributed by atoms with Gasteiger partial charge in [0.05, 0.1) is 11.3 Å². The van der Waals surface area contributed by atoms with Gasteiger partial charge in [-0.25, -0.2) is 4.79 Å². The average molecular weight is 391 g/mol. The van der Waals surface area contributed by atoms with E-state index < -0.39 is 5.97 Å². The maximum atomic E-state index is 12.2. The van der Waals surface area contributed by atoms with Gasteiger partial charge in [-0.3, -0.25) is 4.57 Å². The Hall–Kier alpha value is -3.87. The van der Waals surface area contributed by atoms with E-state index in [2.05, 4.69) is 12.2 Å². The van der Waals surface area contributed by atoms with Crippen LogP contribution in [0.25, 0.3) is 5.69 Å². The first-order valence-electron chi connectivity index (χ1n) is 9.12. The maximum Gasteiger partial charge on any atom is 0.343 e. The van der Waals surface area contributed by atoms with Crippen molar-refractivity contribution in [3.63, 3.8) is 0 Å². The van der Waals surface area contributed by atoms with Crippen LogP contribution in [0.15, 0.2) is 54.6 Å². The molecule has 0 amide bonds. The Morgan fingerprint density at radius 3 is 1.97 bits per heavy atom. The number of rotatable bonds is 3. The third kappa shape index (κ3) is 2.62. The van der Waals surface area contributed by atoms with Crippen molar-refractivity contribution >= 4 is 5.97 Å². The number of aromatic hydroxyl groups is 4. The Morgan fingerprint density at radius 2 is 1.41 bits per heavy atom. The molecule has 2 aliphatic carbocycles. The lowest BCUT2D eigenvalue weighted by Gasteiger charge is -2.11. The van der Waals surface area contributed by atoms with Gasteiger partial charge >= 0.3 is 5.97 Å². The second-order valence-electron chi connectivity index (χ2n) is 7.27. The van der Waals surface area contributed by atoms with E-state index in [-0.39, 0.29) is 46.4 Å². The van der Waals surface area contributed by atoms with Gasteiger partial charge < -0.3 is 25.2 Å². The Labute approximate surface area is 165 Å². The molecule has 4 N–H and O–H groups in total. The second-order valence-corrected chi connectivity index (χ2v) is 7.27. The summed E-state index contributed by atoms with van der Waals surface area (Å²) in [6, 6.07) is 9.80. The van der Waals surface area contributed by atoms with Crippen LogP contribution in [0, 0.1) is 0 Å². The van der Waals surface area contributed by atoms with Crippen molar-refractivity contribution in [3.8, 4) is 34.7 Å². The van der Waals surface area contributed by atoms with Crippen LogP contribution in [0.1, 0.15) is 39.7 Å². The Kier molecular flexibility index (Phi) is 3.61. The molecule has 3 aromatic rings. The number of aromatic nitrogens is 1. The molecule has 2 aromatic carbocycles. The summed E-state index contributed by atoms with van der Waals surface area (Å²) in [7, 11) is 0. The number of hydrogen-bond donors (Lipinski definition) is 4. The summed E-state index contributed by atoms with van der Waals surface area (Å²) < 4.78 is 6.65. The zero-order valence-corrected chi connectivity index (χ0v) is 15.1. The molecule has 2 aliphatic rings. The van der Waals surface area contributed by atoms with Crippen molar-refractivity contribution in [3.05, 3.63) is 71.3 Å². The predicted molar refractivity (Wildman–Crippen MR) is 103 cm³/mol. The second kappa shape index (κ2) is 6.07. The van der Waals surface area contributed by atoms with E-state index in [9.17, 15) is 25.2 Å². The minimum Gasteiger partial charge on any atom is -0.508 e. The van der Waals surface area contributed by atoms with E-state index in [1.54, 1.807) is 12.1 Å². The van der Waals surface area contributed by atoms with Crippen molar-refractivity contribution in [2.75, 3.05) is 0 Å². The smallest absolute Gasteiger partial charge is 0.343 e. The van der Waals surface area contributed by atoms with Crippen LogP contribution in [0.2, 0.25) is 0 Å². The quantitative estimate of drug-likeness (QED) is 0.308. The number of allylic oxidation sites excluding steroid dienone is 2. The van der Waals surface area contributed by atoms with Gasteiger partial charge in [0.2, 0.25) is 11.8 Å². The third-order valence-corrected chi connectivity index (χ3v) is 5.46. The van der Waals surface area contributed by atoms with Gasteiger partial charge in [-0.1, -0.05) is 12.2 Å². The van der Waals surface area contributed by atoms with Gasteiger partial charge in [0.25, 0.3) is 0 Å². The van der Waals surface area contributed by atoms with Crippen LogP contribution < -0.4 is 4.74 Å². The van der Waals surface area contributed by atoms with E-state index in [1.807, 2.05) is 0 Å². The van der Waals surface area contributed by atoms with Crippen LogP contribution in [0.3, 0.4) is 0 Å². The van der Waals surface area contributed by atoms with Crippen molar-refractivity contribution < 1.29 is 30.0 Å². The normalized spacial score (nSPS) is 18.8. The number of phenolic OH excluding ortho intramolecular Hbond substituents is 2. The number of carbonyl (C=O) groups is 1. The van der Waals surface area contributed by atoms with E-state index in [4.69, 9.17) is 4.74 Å². The van der Waals surface area contributed by atoms with Crippen molar-refractivity contribution in [1.29, 1.82) is 0 Å². The van der Waals surface area contributed by atoms with Gasteiger partial charge in [0.15, 0.2) is 0 Å². The van der Waals surface area contributed by atoms with Crippen LogP contribution in [0.5, 0.6) is 29.0 Å². The molecule has 0 radical (unpaired) electrons. The lowest BCUT2D eigenvalue weighted by Crippen LogP contribution is -2.08. The SMILES string of the molecule is O=C(Oc1ccc(-n2c(O)c3c(c2O)C2C=CC3C2)cc1)c1cc(O)cc(O)c1. The van der Waals surface area contributed by atoms with E-state index >= 15 is 0 Å². The summed E-state index contributed by atoms with van der Waals surface area (Å²) in [5, 5.41) is 40.3. The third-order valence-electron chi connectivity index (χ3n) is 5.46. The molecule has 7 heteroatoms. The number of ether oxygens (including phenoxy) is 1. The molecule has 1 heterocycles. The molecule has 7 nitrogen and oxygen atoms in total. The lowest BCUT2D eigenvalue weighted by molar-refractivity contribution is 0.0733. The zero-order chi connectivity index (χ0) is 20.3. The van der Waals surface area contributed by atoms with Crippen LogP contribution in [-0.4, -0.2) is 31.0 Å². The monoisotopic (exact) mass is 391 g/mol. The molecular weight excluding hydrogens is 374 g/mol. The lowest BCUT2D eigenvalue weighted by atomic mass is 10.0. The van der Waals surface area contributed by atoms with Crippen LogP contribution in [-0.2, 0) is 0 Å². The summed E-state index contributed by atoms with van der Waals surface area (Å²) in [6.45, 7) is 0. The molecule has 0 fully saturated rings. The zero-order valence-electron chi connectivity index (χ0n) is 15.1. The highest BCUT2D eigenvalue weighted by atomic mass is 16.5. The van der Waals surface area contributed by atoms with Crippen LogP contribution >= 0.6 is 0 Å². The summed E-state index contributed by atoms with van der Waals surface area (Å²) in [5.74, 6) is -0.699. The number of esters is 1. The minimum atomic E-state index is -0.739. The molecule has 29 heavy (non-hydrogen) atoms. The van der Waals surface area contributed by atoms with Crippen LogP contribution in [0.4, 0.5) is 0 Å². The fraction of sp³-hybridized carbons (Fsp3) is 0.136. The number of phenols is 2. The highest BCUT2D eigenvalue weighted by molar-refractivity contribution is 5.92. The molecule has 2 atom stereocenters. The summed E-state index contributed by atoms with van der Waals surface area (Å²) in [4.78, 5) is 12.2.